The van der Waals surface area contributed by atoms with Crippen LogP contribution < -0.4 is 0 Å². The quantitative estimate of drug-likeness (QED) is 0.106. The van der Waals surface area contributed by atoms with Gasteiger partial charge in [-0.3, -0.25) is 9.59 Å². The van der Waals surface area contributed by atoms with E-state index in [4.69, 9.17) is 19.9 Å². The lowest BCUT2D eigenvalue weighted by Gasteiger charge is -2.30. The van der Waals surface area contributed by atoms with Gasteiger partial charge >= 0.3 is 0 Å². The van der Waals surface area contributed by atoms with Crippen LogP contribution in [-0.4, -0.2) is 51.4 Å². The summed E-state index contributed by atoms with van der Waals surface area (Å²) >= 11 is 0. The molecule has 10 nitrogen and oxygen atoms in total. The molecule has 16 bridgehead atoms. The Labute approximate surface area is 578 Å². The van der Waals surface area contributed by atoms with Crippen LogP contribution in [0.15, 0.2) is 242 Å². The molecule has 12 aromatic rings. The first-order valence-electron chi connectivity index (χ1n) is 34.4. The van der Waals surface area contributed by atoms with E-state index in [1.807, 2.05) is 0 Å². The molecule has 478 valence electrons. The number of H-pyrrole nitrogens is 4. The fourth-order valence-corrected chi connectivity index (χ4v) is 15.6. The largest absolute Gasteiger partial charge is 0.355 e. The van der Waals surface area contributed by atoms with Crippen LogP contribution in [-0.2, 0) is 9.59 Å². The molecular weight excluding hydrogens is 1230 g/mol. The van der Waals surface area contributed by atoms with Crippen molar-refractivity contribution < 1.29 is 9.59 Å². The topological polar surface area (TPSA) is 149 Å². The van der Waals surface area contributed by atoms with Gasteiger partial charge in [0.05, 0.1) is 45.6 Å². The molecule has 2 aliphatic carbocycles. The molecule has 1 saturated carbocycles. The van der Waals surface area contributed by atoms with Gasteiger partial charge in [0.2, 0.25) is 0 Å². The SMILES string of the molecule is Cc1ccc(-c2c3nc(c(-c4ccc(C)cc4)c4ccc([nH]4)c(C4CCC(C5=CC(=O)C=CC5=O)CC4)c4nc(c(C5=Cc6nc5c(-c5ccccc5)c5ccc([nH]5)c(-c5ccccc5)c5nc(c(-c7ccccc7)c7ccc([nH]7)c6-c6ccccc6)C=C5)c5ccc2[nH]5)C=C4)C=C3)cc1. The van der Waals surface area contributed by atoms with Crippen molar-refractivity contribution >= 4 is 104 Å². The number of allylic oxidation sites excluding steroid dienone is 4. The fourth-order valence-electron chi connectivity index (χ4n) is 15.6. The average molecular weight is 1290 g/mol. The van der Waals surface area contributed by atoms with Gasteiger partial charge in [-0.2, -0.15) is 0 Å². The molecule has 0 atom stereocenters. The summed E-state index contributed by atoms with van der Waals surface area (Å²) in [6, 6.07) is 77.2. The van der Waals surface area contributed by atoms with Crippen molar-refractivity contribution in [3.63, 3.8) is 0 Å². The van der Waals surface area contributed by atoms with Gasteiger partial charge in [-0.1, -0.05) is 181 Å². The minimum absolute atomic E-state index is 0.0355. The molecule has 6 aromatic heterocycles. The number of hydrogen-bond donors (Lipinski definition) is 4. The third kappa shape index (κ3) is 10.8. The van der Waals surface area contributed by atoms with E-state index in [-0.39, 0.29) is 23.4 Å². The summed E-state index contributed by atoms with van der Waals surface area (Å²) in [4.78, 5) is 65.7. The summed E-state index contributed by atoms with van der Waals surface area (Å²) in [6.07, 6.45) is 22.7. The van der Waals surface area contributed by atoms with E-state index in [1.165, 1.54) is 17.7 Å². The number of fused-ring (bicyclic) bond motifs is 16. The molecule has 4 aliphatic heterocycles. The molecule has 100 heavy (non-hydrogen) atoms. The monoisotopic (exact) mass is 1290 g/mol. The Bertz CT molecular complexity index is 5930. The van der Waals surface area contributed by atoms with E-state index < -0.39 is 0 Å². The summed E-state index contributed by atoms with van der Waals surface area (Å²) in [5.41, 5.74) is 31.1. The van der Waals surface area contributed by atoms with Crippen molar-refractivity contribution in [1.82, 2.24) is 39.9 Å². The van der Waals surface area contributed by atoms with Crippen LogP contribution in [0.1, 0.15) is 99.4 Å². The number of rotatable bonds is 9. The normalized spacial score (nSPS) is 15.5. The Balaban J connectivity index is 0.984. The molecule has 0 spiro atoms. The first-order valence-corrected chi connectivity index (χ1v) is 34.4. The fraction of sp³-hybridized carbons (Fsp3) is 0.0889. The van der Waals surface area contributed by atoms with Gasteiger partial charge in [-0.15, -0.1) is 0 Å². The maximum absolute atomic E-state index is 13.4. The van der Waals surface area contributed by atoms with Crippen molar-refractivity contribution in [2.45, 2.75) is 45.4 Å². The Kier molecular flexibility index (Phi) is 14.8. The van der Waals surface area contributed by atoms with Crippen LogP contribution in [0.4, 0.5) is 0 Å². The van der Waals surface area contributed by atoms with Gasteiger partial charge in [0.15, 0.2) is 11.6 Å². The molecule has 6 aromatic carbocycles. The lowest BCUT2D eigenvalue weighted by atomic mass is 9.74. The number of nitrogens with one attached hydrogen (secondary N) is 4. The summed E-state index contributed by atoms with van der Waals surface area (Å²) in [6.45, 7) is 4.24. The Hall–Kier alpha value is -12.7. The minimum atomic E-state index is -0.135. The van der Waals surface area contributed by atoms with Crippen molar-refractivity contribution in [2.24, 2.45) is 5.92 Å². The van der Waals surface area contributed by atoms with E-state index in [1.54, 1.807) is 6.08 Å². The van der Waals surface area contributed by atoms with E-state index in [9.17, 15) is 9.59 Å². The molecule has 0 radical (unpaired) electrons. The molecule has 4 N–H and O–H groups in total. The molecule has 6 aliphatic rings. The van der Waals surface area contributed by atoms with Gasteiger partial charge in [0.25, 0.3) is 0 Å². The third-order valence-electron chi connectivity index (χ3n) is 20.4. The average Bonchev–Trinajstić information content (AvgIpc) is 1.59. The lowest BCUT2D eigenvalue weighted by molar-refractivity contribution is -0.115. The Morgan fingerprint density at radius 3 is 1.06 bits per heavy atom. The van der Waals surface area contributed by atoms with E-state index in [2.05, 4.69) is 295 Å². The number of carbonyl (C=O) groups is 2. The third-order valence-corrected chi connectivity index (χ3v) is 20.4. The number of nitrogens with zero attached hydrogens (tertiary/aromatic N) is 4. The van der Waals surface area contributed by atoms with Gasteiger partial charge in [0.1, 0.15) is 0 Å². The second-order valence-corrected chi connectivity index (χ2v) is 26.7. The first kappa shape index (κ1) is 59.8. The van der Waals surface area contributed by atoms with Crippen molar-refractivity contribution in [2.75, 3.05) is 0 Å². The van der Waals surface area contributed by atoms with Gasteiger partial charge in [-0.25, -0.2) is 19.9 Å². The lowest BCUT2D eigenvalue weighted by Crippen LogP contribution is -2.21. The minimum Gasteiger partial charge on any atom is -0.355 e. The first-order chi connectivity index (χ1) is 49.2. The molecule has 1 fully saturated rings. The molecule has 18 rings (SSSR count). The Morgan fingerprint density at radius 1 is 0.290 bits per heavy atom. The van der Waals surface area contributed by atoms with Gasteiger partial charge in [0, 0.05) is 99.8 Å². The summed E-state index contributed by atoms with van der Waals surface area (Å²) in [7, 11) is 0. The smallest absolute Gasteiger partial charge is 0.182 e. The zero-order valence-corrected chi connectivity index (χ0v) is 55.1. The van der Waals surface area contributed by atoms with Crippen LogP contribution in [0.2, 0.25) is 0 Å². The Morgan fingerprint density at radius 2 is 0.620 bits per heavy atom. The van der Waals surface area contributed by atoms with E-state index >= 15 is 0 Å². The number of benzene rings is 6. The zero-order chi connectivity index (χ0) is 67.0. The van der Waals surface area contributed by atoms with Gasteiger partial charge in [-0.05, 0) is 194 Å². The number of aromatic nitrogens is 8. The van der Waals surface area contributed by atoms with Crippen LogP contribution in [0.25, 0.3) is 159 Å². The van der Waals surface area contributed by atoms with Gasteiger partial charge < -0.3 is 19.9 Å². The molecule has 0 unspecified atom stereocenters. The predicted octanol–water partition coefficient (Wildman–Crippen LogP) is 21.6. The van der Waals surface area contributed by atoms with Crippen LogP contribution in [0.3, 0.4) is 0 Å². The van der Waals surface area contributed by atoms with Crippen LogP contribution in [0.5, 0.6) is 0 Å². The van der Waals surface area contributed by atoms with Crippen LogP contribution in [0, 0.1) is 19.8 Å². The molecular formula is C90H66N8O2. The highest BCUT2D eigenvalue weighted by molar-refractivity contribution is 6.17. The molecule has 0 amide bonds. The molecule has 10 heteroatoms. The standard InChI is InChI=1S/C90H66N8O2/c1-53-23-27-60(28-24-53)84-70-38-39-72(92-70)85(61-29-25-54(2)26-30-61)74-45-48-78(96-74)89(79-49-46-75(97-79)86(73-41-40-71(84)93-73)62-33-31-55(32-34-62)64-51-63(99)35-50-81(64)100)65-52-80-87(58-19-11-5-12-20-58)76-43-42-68(94-76)82(56-15-7-3-8-16-56)66-36-37-67(91-66)83(57-17-9-4-10-18-57)69-44-47-77(95-69)88(90(65)98-80)59-21-13-6-14-22-59/h3-30,35-52,55,62,93-96H,31-34H2,1-2H3. The van der Waals surface area contributed by atoms with E-state index in [0.717, 1.165) is 204 Å². The van der Waals surface area contributed by atoms with Crippen molar-refractivity contribution in [1.29, 1.82) is 0 Å². The van der Waals surface area contributed by atoms with Crippen molar-refractivity contribution in [3.05, 3.63) is 310 Å². The number of aromatic amines is 4. The zero-order valence-electron chi connectivity index (χ0n) is 55.1. The second kappa shape index (κ2) is 24.8. The predicted molar refractivity (Wildman–Crippen MR) is 410 cm³/mol. The summed E-state index contributed by atoms with van der Waals surface area (Å²) in [5, 5.41) is 0. The second-order valence-electron chi connectivity index (χ2n) is 26.7. The number of hydrogen-bond acceptors (Lipinski definition) is 6. The summed E-state index contributed by atoms with van der Waals surface area (Å²) in [5.74, 6) is -0.211. The highest BCUT2D eigenvalue weighted by Crippen LogP contribution is 2.47. The maximum atomic E-state index is 13.4. The van der Waals surface area contributed by atoms with Crippen molar-refractivity contribution in [3.8, 4) is 66.8 Å². The highest BCUT2D eigenvalue weighted by atomic mass is 16.1. The molecule has 10 heterocycles. The molecule has 0 saturated heterocycles. The number of ketones is 2. The van der Waals surface area contributed by atoms with Crippen LogP contribution >= 0.6 is 0 Å². The number of aryl methyl sites for hydroxylation is 2. The highest BCUT2D eigenvalue weighted by Gasteiger charge is 2.33. The maximum Gasteiger partial charge on any atom is 0.182 e. The number of carbonyl (C=O) groups excluding carboxylic acids is 2. The van der Waals surface area contributed by atoms with E-state index in [0.29, 0.717) is 5.57 Å². The summed E-state index contributed by atoms with van der Waals surface area (Å²) < 4.78 is 0.